The van der Waals surface area contributed by atoms with Crippen molar-refractivity contribution in [3.05, 3.63) is 35.9 Å². The number of carbonyl (C=O) groups is 1. The lowest BCUT2D eigenvalue weighted by atomic mass is 10.1. The zero-order valence-electron chi connectivity index (χ0n) is 16.2. The summed E-state index contributed by atoms with van der Waals surface area (Å²) in [6.45, 7) is 0. The molecule has 0 amide bonds. The van der Waals surface area contributed by atoms with E-state index < -0.39 is 5.97 Å². The summed E-state index contributed by atoms with van der Waals surface area (Å²) in [5.74, 6) is 1.49. The first-order valence-corrected chi connectivity index (χ1v) is 8.52. The number of esters is 1. The molecule has 0 saturated heterocycles. The molecule has 0 spiro atoms. The molecule has 2 rings (SSSR count). The number of rotatable bonds is 7. The minimum absolute atomic E-state index is 0.243. The number of ether oxygens (including phenoxy) is 5. The van der Waals surface area contributed by atoms with Crippen LogP contribution in [0.3, 0.4) is 0 Å². The number of thiocarbonyl (C=S) groups is 1. The van der Waals surface area contributed by atoms with Crippen LogP contribution in [0.15, 0.2) is 30.3 Å². The van der Waals surface area contributed by atoms with Crippen LogP contribution < -0.4 is 29.6 Å². The van der Waals surface area contributed by atoms with Crippen molar-refractivity contribution in [2.24, 2.45) is 0 Å². The second-order valence-corrected chi connectivity index (χ2v) is 5.83. The molecule has 0 atom stereocenters. The van der Waals surface area contributed by atoms with E-state index in [1.54, 1.807) is 38.5 Å². The fraction of sp³-hybridized carbons (Fsp3) is 0.263. The van der Waals surface area contributed by atoms with Crippen LogP contribution in [0.25, 0.3) is 0 Å². The first kappa shape index (κ1) is 21.1. The van der Waals surface area contributed by atoms with Crippen LogP contribution in [0.1, 0.15) is 10.4 Å². The van der Waals surface area contributed by atoms with Gasteiger partial charge in [0, 0.05) is 36.0 Å². The van der Waals surface area contributed by atoms with Crippen molar-refractivity contribution in [1.29, 1.82) is 0 Å². The van der Waals surface area contributed by atoms with E-state index in [0.717, 1.165) is 0 Å². The van der Waals surface area contributed by atoms with E-state index in [0.29, 0.717) is 34.4 Å². The predicted octanol–water partition coefficient (Wildman–Crippen LogP) is 3.32. The van der Waals surface area contributed by atoms with Crippen LogP contribution in [0.5, 0.6) is 23.0 Å². The molecule has 2 aromatic rings. The number of nitrogens with one attached hydrogen (secondary N) is 2. The van der Waals surface area contributed by atoms with Crippen molar-refractivity contribution in [2.75, 3.05) is 46.2 Å². The number of anilines is 2. The third kappa shape index (κ3) is 4.95. The van der Waals surface area contributed by atoms with E-state index in [-0.39, 0.29) is 10.7 Å². The summed E-state index contributed by atoms with van der Waals surface area (Å²) in [5.41, 5.74) is 1.29. The standard InChI is InChI=1S/C19H22N2O6S/c1-23-12-6-11(7-13(8-12)24-2)20-19(28)21-15-10-17(26-4)16(25-3)9-14(15)18(22)27-5/h6-10H,1-5H3,(H2,20,21,28). The number of methoxy groups -OCH3 is 5. The molecule has 0 radical (unpaired) electrons. The quantitative estimate of drug-likeness (QED) is 0.531. The summed E-state index contributed by atoms with van der Waals surface area (Å²) in [7, 11) is 7.39. The van der Waals surface area contributed by atoms with Crippen molar-refractivity contribution >= 4 is 34.7 Å². The lowest BCUT2D eigenvalue weighted by Gasteiger charge is -2.17. The fourth-order valence-corrected chi connectivity index (χ4v) is 2.65. The lowest BCUT2D eigenvalue weighted by Crippen LogP contribution is -2.21. The summed E-state index contributed by atoms with van der Waals surface area (Å²) < 4.78 is 25.9. The van der Waals surface area contributed by atoms with Crippen molar-refractivity contribution in [3.8, 4) is 23.0 Å². The summed E-state index contributed by atoms with van der Waals surface area (Å²) in [6.07, 6.45) is 0. The maximum Gasteiger partial charge on any atom is 0.340 e. The van der Waals surface area contributed by atoms with Gasteiger partial charge in [0.15, 0.2) is 16.6 Å². The molecule has 0 heterocycles. The monoisotopic (exact) mass is 406 g/mol. The molecule has 8 nitrogen and oxygen atoms in total. The Bertz CT molecular complexity index is 849. The fourth-order valence-electron chi connectivity index (χ4n) is 2.43. The van der Waals surface area contributed by atoms with Crippen molar-refractivity contribution < 1.29 is 28.5 Å². The average molecular weight is 406 g/mol. The maximum absolute atomic E-state index is 12.2. The molecule has 28 heavy (non-hydrogen) atoms. The smallest absolute Gasteiger partial charge is 0.340 e. The van der Waals surface area contributed by atoms with Crippen LogP contribution in [0.2, 0.25) is 0 Å². The van der Waals surface area contributed by atoms with Crippen molar-refractivity contribution in [3.63, 3.8) is 0 Å². The second-order valence-electron chi connectivity index (χ2n) is 5.42. The Balaban J connectivity index is 2.31. The summed E-state index contributed by atoms with van der Waals surface area (Å²) in [4.78, 5) is 12.2. The Morgan fingerprint density at radius 1 is 0.786 bits per heavy atom. The van der Waals surface area contributed by atoms with E-state index in [1.807, 2.05) is 0 Å². The van der Waals surface area contributed by atoms with Crippen LogP contribution in [0.4, 0.5) is 11.4 Å². The Labute approximate surface area is 168 Å². The van der Waals surface area contributed by atoms with Crippen LogP contribution in [-0.2, 0) is 4.74 Å². The maximum atomic E-state index is 12.2. The van der Waals surface area contributed by atoms with Gasteiger partial charge in [-0.15, -0.1) is 0 Å². The van der Waals surface area contributed by atoms with Crippen LogP contribution >= 0.6 is 12.2 Å². The molecule has 0 aliphatic heterocycles. The molecule has 0 fully saturated rings. The van der Waals surface area contributed by atoms with Crippen molar-refractivity contribution in [2.45, 2.75) is 0 Å². The molecule has 0 aliphatic carbocycles. The molecule has 2 aromatic carbocycles. The van der Waals surface area contributed by atoms with Gasteiger partial charge in [0.25, 0.3) is 0 Å². The Kier molecular flexibility index (Phi) is 7.28. The highest BCUT2D eigenvalue weighted by Crippen LogP contribution is 2.34. The minimum Gasteiger partial charge on any atom is -0.497 e. The summed E-state index contributed by atoms with van der Waals surface area (Å²) >= 11 is 5.37. The molecule has 0 unspecified atom stereocenters. The third-order valence-electron chi connectivity index (χ3n) is 3.79. The van der Waals surface area contributed by atoms with Gasteiger partial charge in [0.05, 0.1) is 46.8 Å². The molecular formula is C19H22N2O6S. The van der Waals surface area contributed by atoms with E-state index in [1.165, 1.54) is 27.4 Å². The van der Waals surface area contributed by atoms with E-state index in [9.17, 15) is 4.79 Å². The molecule has 0 bridgehead atoms. The van der Waals surface area contributed by atoms with Crippen LogP contribution in [-0.4, -0.2) is 46.6 Å². The first-order chi connectivity index (χ1) is 13.4. The largest absolute Gasteiger partial charge is 0.497 e. The highest BCUT2D eigenvalue weighted by Gasteiger charge is 2.18. The molecule has 150 valence electrons. The molecule has 0 aliphatic rings. The van der Waals surface area contributed by atoms with Gasteiger partial charge in [0.2, 0.25) is 0 Å². The van der Waals surface area contributed by atoms with Gasteiger partial charge in [-0.3, -0.25) is 0 Å². The minimum atomic E-state index is -0.547. The van der Waals surface area contributed by atoms with Gasteiger partial charge < -0.3 is 34.3 Å². The average Bonchev–Trinajstić information content (AvgIpc) is 2.72. The van der Waals surface area contributed by atoms with Gasteiger partial charge in [0.1, 0.15) is 11.5 Å². The molecule has 9 heteroatoms. The zero-order chi connectivity index (χ0) is 20.7. The van der Waals surface area contributed by atoms with E-state index in [2.05, 4.69) is 10.6 Å². The van der Waals surface area contributed by atoms with Crippen molar-refractivity contribution in [1.82, 2.24) is 0 Å². The second kappa shape index (κ2) is 9.65. The lowest BCUT2D eigenvalue weighted by molar-refractivity contribution is 0.0601. The summed E-state index contributed by atoms with van der Waals surface area (Å²) in [6, 6.07) is 8.37. The normalized spacial score (nSPS) is 9.89. The first-order valence-electron chi connectivity index (χ1n) is 8.11. The highest BCUT2D eigenvalue weighted by molar-refractivity contribution is 7.80. The van der Waals surface area contributed by atoms with Gasteiger partial charge >= 0.3 is 5.97 Å². The van der Waals surface area contributed by atoms with Gasteiger partial charge in [-0.1, -0.05) is 0 Å². The Hall–Kier alpha value is -3.20. The Morgan fingerprint density at radius 3 is 1.86 bits per heavy atom. The number of carbonyl (C=O) groups excluding carboxylic acids is 1. The topological polar surface area (TPSA) is 87.3 Å². The predicted molar refractivity (Wildman–Crippen MR) is 110 cm³/mol. The molecule has 0 aromatic heterocycles. The van der Waals surface area contributed by atoms with E-state index >= 15 is 0 Å². The number of hydrogen-bond acceptors (Lipinski definition) is 7. The van der Waals surface area contributed by atoms with Gasteiger partial charge in [-0.2, -0.15) is 0 Å². The van der Waals surface area contributed by atoms with Crippen LogP contribution in [0, 0.1) is 0 Å². The van der Waals surface area contributed by atoms with Gasteiger partial charge in [-0.05, 0) is 12.2 Å². The van der Waals surface area contributed by atoms with E-state index in [4.69, 9.17) is 35.9 Å². The molecule has 0 saturated carbocycles. The van der Waals surface area contributed by atoms with Gasteiger partial charge in [-0.25, -0.2) is 4.79 Å². The SMILES string of the molecule is COC(=O)c1cc(OC)c(OC)cc1NC(=S)Nc1cc(OC)cc(OC)c1. The molecular weight excluding hydrogens is 384 g/mol. The zero-order valence-corrected chi connectivity index (χ0v) is 17.1. The Morgan fingerprint density at radius 2 is 1.36 bits per heavy atom. The highest BCUT2D eigenvalue weighted by atomic mass is 32.1. The number of hydrogen-bond donors (Lipinski definition) is 2. The number of benzene rings is 2. The third-order valence-corrected chi connectivity index (χ3v) is 3.99. The summed E-state index contributed by atoms with van der Waals surface area (Å²) in [5, 5.41) is 6.25. The molecule has 2 N–H and O–H groups in total.